The Morgan fingerprint density at radius 3 is 2.50 bits per heavy atom. The molecule has 0 spiro atoms. The van der Waals surface area contributed by atoms with Crippen LogP contribution in [0.25, 0.3) is 6.08 Å². The standard InChI is InChI=1S/C23H27N3O4/c1-6-11-26-15(2)12-18(16(26)3)13-19(14-24)23(28)30-17(4)22(27)25-20-7-9-21(29-5)10-8-20/h7-10,12-13,17H,6,11H2,1-5H3,(H,25,27)/b19-13+/t17-/m0/s1. The predicted octanol–water partition coefficient (Wildman–Crippen LogP) is 4.00. The maximum atomic E-state index is 12.4. The van der Waals surface area contributed by atoms with E-state index in [0.717, 1.165) is 29.9 Å². The number of amides is 1. The monoisotopic (exact) mass is 409 g/mol. The molecule has 1 aromatic carbocycles. The van der Waals surface area contributed by atoms with Gasteiger partial charge in [0.1, 0.15) is 17.4 Å². The Morgan fingerprint density at radius 1 is 1.27 bits per heavy atom. The van der Waals surface area contributed by atoms with E-state index < -0.39 is 18.0 Å². The average molecular weight is 409 g/mol. The summed E-state index contributed by atoms with van der Waals surface area (Å²) < 4.78 is 12.4. The molecule has 1 N–H and O–H groups in total. The Labute approximate surface area is 176 Å². The number of ether oxygens (including phenoxy) is 2. The predicted molar refractivity (Wildman–Crippen MR) is 115 cm³/mol. The number of nitrogens with one attached hydrogen (secondary N) is 1. The molecule has 30 heavy (non-hydrogen) atoms. The van der Waals surface area contributed by atoms with Crippen LogP contribution in [-0.2, 0) is 20.9 Å². The van der Waals surface area contributed by atoms with E-state index in [2.05, 4.69) is 16.8 Å². The summed E-state index contributed by atoms with van der Waals surface area (Å²) in [6.45, 7) is 8.33. The second kappa shape index (κ2) is 10.3. The van der Waals surface area contributed by atoms with Crippen LogP contribution in [0.3, 0.4) is 0 Å². The van der Waals surface area contributed by atoms with Crippen molar-refractivity contribution in [3.63, 3.8) is 0 Å². The highest BCUT2D eigenvalue weighted by atomic mass is 16.5. The van der Waals surface area contributed by atoms with E-state index >= 15 is 0 Å². The van der Waals surface area contributed by atoms with E-state index in [-0.39, 0.29) is 5.57 Å². The van der Waals surface area contributed by atoms with Crippen molar-refractivity contribution in [2.45, 2.75) is 46.8 Å². The van der Waals surface area contributed by atoms with Crippen molar-refractivity contribution < 1.29 is 19.1 Å². The number of carbonyl (C=O) groups excluding carboxylic acids is 2. The lowest BCUT2D eigenvalue weighted by Gasteiger charge is -2.13. The Bertz CT molecular complexity index is 981. The molecular weight excluding hydrogens is 382 g/mol. The molecule has 2 aromatic rings. The molecule has 1 amide bonds. The quantitative estimate of drug-likeness (QED) is 0.404. The molecule has 158 valence electrons. The topological polar surface area (TPSA) is 93.4 Å². The maximum absolute atomic E-state index is 12.4. The van der Waals surface area contributed by atoms with Crippen LogP contribution in [0.5, 0.6) is 5.75 Å². The Morgan fingerprint density at radius 2 is 1.93 bits per heavy atom. The molecule has 7 heteroatoms. The molecule has 0 aliphatic carbocycles. The number of esters is 1. The van der Waals surface area contributed by atoms with E-state index in [1.807, 2.05) is 26.0 Å². The smallest absolute Gasteiger partial charge is 0.349 e. The lowest BCUT2D eigenvalue weighted by molar-refractivity contribution is -0.148. The molecule has 0 bridgehead atoms. The van der Waals surface area contributed by atoms with Crippen molar-refractivity contribution in [3.05, 3.63) is 52.9 Å². The summed E-state index contributed by atoms with van der Waals surface area (Å²) in [5, 5.41) is 12.1. The number of nitriles is 1. The van der Waals surface area contributed by atoms with Crippen LogP contribution < -0.4 is 10.1 Å². The number of anilines is 1. The van der Waals surface area contributed by atoms with Crippen molar-refractivity contribution in [2.75, 3.05) is 12.4 Å². The first-order valence-electron chi connectivity index (χ1n) is 9.75. The minimum Gasteiger partial charge on any atom is -0.497 e. The molecular formula is C23H27N3O4. The average Bonchev–Trinajstić information content (AvgIpc) is 3.00. The van der Waals surface area contributed by atoms with Crippen LogP contribution >= 0.6 is 0 Å². The summed E-state index contributed by atoms with van der Waals surface area (Å²) in [7, 11) is 1.55. The molecule has 1 heterocycles. The minimum absolute atomic E-state index is 0.157. The van der Waals surface area contributed by atoms with Crippen LogP contribution in [0, 0.1) is 25.2 Å². The molecule has 1 aromatic heterocycles. The van der Waals surface area contributed by atoms with Crippen molar-refractivity contribution in [1.29, 1.82) is 5.26 Å². The van der Waals surface area contributed by atoms with E-state index in [0.29, 0.717) is 11.4 Å². The SMILES string of the molecule is CCCn1c(C)cc(/C=C(\C#N)C(=O)O[C@@H](C)C(=O)Nc2ccc(OC)cc2)c1C. The number of methoxy groups -OCH3 is 1. The van der Waals surface area contributed by atoms with Gasteiger partial charge in [-0.1, -0.05) is 6.92 Å². The summed E-state index contributed by atoms with van der Waals surface area (Å²) in [6.07, 6.45) is 1.42. The third-order valence-corrected chi connectivity index (χ3v) is 4.71. The van der Waals surface area contributed by atoms with Crippen LogP contribution in [0.2, 0.25) is 0 Å². The Balaban J connectivity index is 2.08. The Kier molecular flexibility index (Phi) is 7.82. The molecule has 0 unspecified atom stereocenters. The molecule has 1 atom stereocenters. The third-order valence-electron chi connectivity index (χ3n) is 4.71. The summed E-state index contributed by atoms with van der Waals surface area (Å²) in [4.78, 5) is 24.8. The number of aromatic nitrogens is 1. The van der Waals surface area contributed by atoms with E-state index in [4.69, 9.17) is 9.47 Å². The zero-order valence-corrected chi connectivity index (χ0v) is 18.0. The third kappa shape index (κ3) is 5.51. The lowest BCUT2D eigenvalue weighted by atomic mass is 10.1. The number of hydrogen-bond acceptors (Lipinski definition) is 5. The molecule has 0 radical (unpaired) electrons. The van der Waals surface area contributed by atoms with Crippen LogP contribution in [-0.4, -0.2) is 29.7 Å². The fraction of sp³-hybridized carbons (Fsp3) is 0.348. The molecule has 2 rings (SSSR count). The fourth-order valence-electron chi connectivity index (χ4n) is 3.03. The van der Waals surface area contributed by atoms with Gasteiger partial charge in [-0.25, -0.2) is 4.79 Å². The fourth-order valence-corrected chi connectivity index (χ4v) is 3.03. The number of benzene rings is 1. The van der Waals surface area contributed by atoms with Crippen molar-refractivity contribution >= 4 is 23.6 Å². The number of nitrogens with zero attached hydrogens (tertiary/aromatic N) is 2. The molecule has 0 aliphatic rings. The summed E-state index contributed by atoms with van der Waals surface area (Å²) in [6, 6.07) is 10.6. The normalized spacial score (nSPS) is 12.1. The van der Waals surface area contributed by atoms with E-state index in [1.54, 1.807) is 31.4 Å². The first kappa shape index (κ1) is 22.8. The van der Waals surface area contributed by atoms with Gasteiger partial charge < -0.3 is 19.4 Å². The van der Waals surface area contributed by atoms with Gasteiger partial charge in [0.05, 0.1) is 7.11 Å². The molecule has 0 aliphatic heterocycles. The molecule has 7 nitrogen and oxygen atoms in total. The van der Waals surface area contributed by atoms with Crippen molar-refractivity contribution in [2.24, 2.45) is 0 Å². The van der Waals surface area contributed by atoms with Crippen LogP contribution in [0.15, 0.2) is 35.9 Å². The van der Waals surface area contributed by atoms with Gasteiger partial charge in [-0.3, -0.25) is 4.79 Å². The van der Waals surface area contributed by atoms with Crippen molar-refractivity contribution in [1.82, 2.24) is 4.57 Å². The first-order chi connectivity index (χ1) is 14.3. The Hall–Kier alpha value is -3.53. The lowest BCUT2D eigenvalue weighted by Crippen LogP contribution is -2.30. The van der Waals surface area contributed by atoms with Crippen LogP contribution in [0.1, 0.15) is 37.2 Å². The number of carbonyl (C=O) groups is 2. The van der Waals surface area contributed by atoms with Gasteiger partial charge in [0, 0.05) is 23.6 Å². The van der Waals surface area contributed by atoms with Crippen molar-refractivity contribution in [3.8, 4) is 11.8 Å². The summed E-state index contributed by atoms with van der Waals surface area (Å²) in [5.41, 5.74) is 3.20. The van der Waals surface area contributed by atoms with Gasteiger partial charge in [-0.05, 0) is 69.2 Å². The van der Waals surface area contributed by atoms with Crippen LogP contribution in [0.4, 0.5) is 5.69 Å². The maximum Gasteiger partial charge on any atom is 0.349 e. The van der Waals surface area contributed by atoms with E-state index in [9.17, 15) is 14.9 Å². The summed E-state index contributed by atoms with van der Waals surface area (Å²) >= 11 is 0. The molecule has 0 saturated carbocycles. The zero-order chi connectivity index (χ0) is 22.3. The van der Waals surface area contributed by atoms with Gasteiger partial charge in [0.25, 0.3) is 5.91 Å². The van der Waals surface area contributed by atoms with Gasteiger partial charge in [0.2, 0.25) is 0 Å². The second-order valence-electron chi connectivity index (χ2n) is 6.91. The minimum atomic E-state index is -1.07. The summed E-state index contributed by atoms with van der Waals surface area (Å²) in [5.74, 6) is -0.670. The van der Waals surface area contributed by atoms with Gasteiger partial charge in [0.15, 0.2) is 6.10 Å². The number of aryl methyl sites for hydroxylation is 1. The molecule has 0 saturated heterocycles. The highest BCUT2D eigenvalue weighted by molar-refractivity contribution is 6.01. The highest BCUT2D eigenvalue weighted by Gasteiger charge is 2.21. The van der Waals surface area contributed by atoms with Gasteiger partial charge in [-0.15, -0.1) is 0 Å². The number of hydrogen-bond donors (Lipinski definition) is 1. The first-order valence-corrected chi connectivity index (χ1v) is 9.75. The van der Waals surface area contributed by atoms with Gasteiger partial charge >= 0.3 is 5.97 Å². The largest absolute Gasteiger partial charge is 0.497 e. The molecule has 0 fully saturated rings. The highest BCUT2D eigenvalue weighted by Crippen LogP contribution is 2.20. The second-order valence-corrected chi connectivity index (χ2v) is 6.91. The zero-order valence-electron chi connectivity index (χ0n) is 18.0. The van der Waals surface area contributed by atoms with E-state index in [1.165, 1.54) is 13.0 Å². The number of rotatable bonds is 8. The van der Waals surface area contributed by atoms with Gasteiger partial charge in [-0.2, -0.15) is 5.26 Å².